The van der Waals surface area contributed by atoms with E-state index in [1.807, 2.05) is 0 Å². The number of hydrogen-bond donors (Lipinski definition) is 8. The first-order valence-corrected chi connectivity index (χ1v) is 19.9. The van der Waals surface area contributed by atoms with Crippen molar-refractivity contribution in [3.05, 3.63) is 0 Å². The molecule has 14 N–H and O–H groups in total. The van der Waals surface area contributed by atoms with Gasteiger partial charge < -0.3 is 62.5 Å². The van der Waals surface area contributed by atoms with Crippen LogP contribution in [0.4, 0.5) is 0 Å². The molecular formula is C32H60Cl2N4Ni2O18. The predicted molar refractivity (Wildman–Crippen MR) is 201 cm³/mol. The van der Waals surface area contributed by atoms with Gasteiger partial charge in [-0.25, -0.2) is 0 Å². The number of carbonyl (C=O) groups excluding carboxylic acids is 2. The minimum atomic E-state index is -1.29. The molecule has 0 heterocycles. The summed E-state index contributed by atoms with van der Waals surface area (Å²) in [5.41, 5.74) is 10.5. The van der Waals surface area contributed by atoms with Gasteiger partial charge in [-0.2, -0.15) is 0 Å². The van der Waals surface area contributed by atoms with Crippen LogP contribution in [0, 0.1) is 0 Å². The summed E-state index contributed by atoms with van der Waals surface area (Å²) in [5, 5.41) is 53.8. The molecule has 58 heavy (non-hydrogen) atoms. The first-order chi connectivity index (χ1) is 26.0. The van der Waals surface area contributed by atoms with Crippen LogP contribution < -0.4 is 11.5 Å². The van der Waals surface area contributed by atoms with Crippen molar-refractivity contribution in [1.82, 2.24) is 9.80 Å². The summed E-state index contributed by atoms with van der Waals surface area (Å²) in [6.45, 7) is -0.364. The van der Waals surface area contributed by atoms with Gasteiger partial charge in [0, 0.05) is 55.3 Å². The molecule has 0 saturated heterocycles. The van der Waals surface area contributed by atoms with Crippen molar-refractivity contribution in [2.45, 2.75) is 89.1 Å². The number of carbonyl (C=O) groups is 8. The van der Waals surface area contributed by atoms with Crippen LogP contribution in [0.25, 0.3) is 0 Å². The molecule has 0 aromatic carbocycles. The summed E-state index contributed by atoms with van der Waals surface area (Å²) in [4.78, 5) is 91.0. The fourth-order valence-corrected chi connectivity index (χ4v) is 4.84. The molecule has 0 rings (SSSR count). The SMILES string of the molecule is NCCOCCC(=O)CCCCCC(C(=O)O)N(CC(=O)O)CC(=O)O.NCCOCCC(=O)CCCCCC(C(=O)O)N(CC(=O)O)CC(=O)O.O.O.[Cl][Ni][Cl].[Ni]. The molecule has 0 fully saturated rings. The molecule has 22 nitrogen and oxygen atoms in total. The summed E-state index contributed by atoms with van der Waals surface area (Å²) < 4.78 is 10.2. The average molecular weight is 977 g/mol. The van der Waals surface area contributed by atoms with E-state index >= 15 is 0 Å². The summed E-state index contributed by atoms with van der Waals surface area (Å²) in [7, 11) is 9.40. The number of nitrogens with two attached hydrogens (primary N) is 2. The minimum Gasteiger partial charge on any atom is 0 e. The zero-order valence-corrected chi connectivity index (χ0v) is 35.4. The van der Waals surface area contributed by atoms with Crippen LogP contribution in [0.1, 0.15) is 77.0 Å². The Bertz CT molecular complexity index is 1030. The summed E-state index contributed by atoms with van der Waals surface area (Å²) in [6, 6.07) is -2.38. The van der Waals surface area contributed by atoms with E-state index < -0.39 is 74.1 Å². The fourth-order valence-electron chi connectivity index (χ4n) is 4.84. The number of unbranched alkanes of at least 4 members (excludes halogenated alkanes) is 4. The van der Waals surface area contributed by atoms with E-state index in [0.717, 1.165) is 9.80 Å². The number of carboxylic acids is 6. The van der Waals surface area contributed by atoms with Crippen molar-refractivity contribution in [2.24, 2.45) is 11.5 Å². The van der Waals surface area contributed by atoms with Gasteiger partial charge in [0.25, 0.3) is 0 Å². The molecule has 0 amide bonds. The van der Waals surface area contributed by atoms with E-state index in [2.05, 4.69) is 0 Å². The maximum Gasteiger partial charge on any atom is 0 e. The van der Waals surface area contributed by atoms with Crippen LogP contribution in [0.15, 0.2) is 0 Å². The van der Waals surface area contributed by atoms with Crippen molar-refractivity contribution in [3.63, 3.8) is 0 Å². The van der Waals surface area contributed by atoms with Crippen LogP contribution in [-0.4, -0.2) is 177 Å². The maximum absolute atomic E-state index is 11.6. The van der Waals surface area contributed by atoms with Crippen molar-refractivity contribution >= 4 is 67.8 Å². The molecule has 0 aromatic heterocycles. The second kappa shape index (κ2) is 45.5. The van der Waals surface area contributed by atoms with Crippen LogP contribution in [-0.2, 0) is 77.0 Å². The molecule has 0 aliphatic heterocycles. The third-order valence-corrected chi connectivity index (χ3v) is 7.25. The molecule has 0 radical (unpaired) electrons. The van der Waals surface area contributed by atoms with Crippen molar-refractivity contribution in [2.75, 3.05) is 65.7 Å². The van der Waals surface area contributed by atoms with Gasteiger partial charge in [-0.05, 0) is 25.7 Å². The Balaban J connectivity index is -0.000000208. The number of carboxylic acid groups (broad SMARTS) is 6. The molecule has 0 saturated carbocycles. The zero-order valence-electron chi connectivity index (χ0n) is 31.9. The van der Waals surface area contributed by atoms with Crippen LogP contribution in [0.2, 0.25) is 0 Å². The summed E-state index contributed by atoms with van der Waals surface area (Å²) >= 11 is 0.569. The van der Waals surface area contributed by atoms with E-state index in [1.54, 1.807) is 0 Å². The average Bonchev–Trinajstić information content (AvgIpc) is 3.07. The van der Waals surface area contributed by atoms with Crippen LogP contribution in [0.3, 0.4) is 0 Å². The van der Waals surface area contributed by atoms with E-state index in [9.17, 15) is 48.6 Å². The number of nitrogens with zero attached hydrogens (tertiary/aromatic N) is 2. The van der Waals surface area contributed by atoms with E-state index in [4.69, 9.17) is 61.8 Å². The summed E-state index contributed by atoms with van der Waals surface area (Å²) in [5.74, 6) is -7.59. The second-order valence-corrected chi connectivity index (χ2v) is 13.3. The molecule has 2 atom stereocenters. The molecule has 350 valence electrons. The Morgan fingerprint density at radius 3 is 1.00 bits per heavy atom. The molecule has 0 aliphatic rings. The third kappa shape index (κ3) is 44.5. The van der Waals surface area contributed by atoms with E-state index in [0.29, 0.717) is 116 Å². The number of ketones is 2. The van der Waals surface area contributed by atoms with E-state index in [-0.39, 0.29) is 51.9 Å². The molecule has 26 heteroatoms. The first-order valence-electron chi connectivity index (χ1n) is 17.2. The van der Waals surface area contributed by atoms with Gasteiger partial charge in [0.2, 0.25) is 0 Å². The summed E-state index contributed by atoms with van der Waals surface area (Å²) in [6.07, 6.45) is 4.81. The topological polar surface area (TPSA) is 398 Å². The van der Waals surface area contributed by atoms with Crippen molar-refractivity contribution < 1.29 is 119 Å². The molecule has 0 aliphatic carbocycles. The largest absolute Gasteiger partial charge is 0 e. The smallest absolute Gasteiger partial charge is 0 e. The molecule has 2 unspecified atom stereocenters. The monoisotopic (exact) mass is 974 g/mol. The Kier molecular flexibility index (Phi) is 52.7. The number of rotatable bonds is 34. The first kappa shape index (κ1) is 67.2. The molecule has 0 aromatic rings. The quantitative estimate of drug-likeness (QED) is 0.0292. The number of halogens is 2. The predicted octanol–water partition coefficient (Wildman–Crippen LogP) is -0.684. The minimum absolute atomic E-state index is 0. The molecule has 0 bridgehead atoms. The van der Waals surface area contributed by atoms with Gasteiger partial charge in [-0.15, -0.1) is 0 Å². The standard InChI is InChI=1S/2C16H28N2O8.2ClH.2Ni.2H2O/c2*17-7-9-26-8-6-12(19)4-2-1-3-5-13(16(24)25)18(10-14(20)21)11-15(22)23;;;;;;/h2*13H,1-11,17H2,(H,20,21)(H,22,23)(H,24,25);2*1H;;;2*1H2/q;;;;;+2;;/p-2. The normalized spacial score (nSPS) is 11.2. The Labute approximate surface area is 361 Å². The van der Waals surface area contributed by atoms with Gasteiger partial charge in [-0.1, -0.05) is 25.7 Å². The van der Waals surface area contributed by atoms with Gasteiger partial charge in [0.1, 0.15) is 23.7 Å². The van der Waals surface area contributed by atoms with E-state index in [1.165, 1.54) is 0 Å². The molecule has 0 spiro atoms. The molecular weight excluding hydrogens is 917 g/mol. The Morgan fingerprint density at radius 2 is 0.776 bits per heavy atom. The van der Waals surface area contributed by atoms with Gasteiger partial charge in [0.05, 0.1) is 52.6 Å². The number of hydrogen-bond acceptors (Lipinski definition) is 14. The Morgan fingerprint density at radius 1 is 0.500 bits per heavy atom. The van der Waals surface area contributed by atoms with Crippen molar-refractivity contribution in [3.8, 4) is 0 Å². The number of Topliss-reactive ketones (excluding diaryl/α,β-unsaturated/α-hetero) is 2. The number of aliphatic carboxylic acids is 6. The van der Waals surface area contributed by atoms with Gasteiger partial charge >= 0.3 is 68.9 Å². The van der Waals surface area contributed by atoms with Crippen molar-refractivity contribution in [1.29, 1.82) is 0 Å². The third-order valence-electron chi connectivity index (χ3n) is 7.25. The van der Waals surface area contributed by atoms with Gasteiger partial charge in [-0.3, -0.25) is 48.2 Å². The second-order valence-electron chi connectivity index (χ2n) is 11.7. The fraction of sp³-hybridized carbons (Fsp3) is 0.750. The number of ether oxygens (including phenoxy) is 2. The van der Waals surface area contributed by atoms with Gasteiger partial charge in [0.15, 0.2) is 0 Å². The van der Waals surface area contributed by atoms with Crippen LogP contribution >= 0.6 is 20.4 Å². The zero-order chi connectivity index (χ0) is 42.6. The maximum atomic E-state index is 11.6. The van der Waals surface area contributed by atoms with Crippen LogP contribution in [0.5, 0.6) is 0 Å². The Hall–Kier alpha value is -2.59.